The highest BCUT2D eigenvalue weighted by Crippen LogP contribution is 2.36. The molecule has 2 aliphatic heterocycles. The Hall–Kier alpha value is -0.460. The summed E-state index contributed by atoms with van der Waals surface area (Å²) < 4.78 is 87.7. The van der Waals surface area contributed by atoms with E-state index in [0.717, 1.165) is 0 Å². The number of alkyl halides is 3. The predicted octanol–water partition coefficient (Wildman–Crippen LogP) is 1.96. The number of ether oxygens (including phenoxy) is 4. The van der Waals surface area contributed by atoms with Gasteiger partial charge in [-0.05, 0) is 34.6 Å². The number of halogens is 3. The van der Waals surface area contributed by atoms with Gasteiger partial charge in [0.2, 0.25) is 0 Å². The van der Waals surface area contributed by atoms with Crippen LogP contribution in [0.15, 0.2) is 0 Å². The summed E-state index contributed by atoms with van der Waals surface area (Å²) in [4.78, 5) is 0. The van der Waals surface area contributed by atoms with Crippen molar-refractivity contribution in [2.24, 2.45) is 0 Å². The molecule has 2 rings (SSSR count). The van der Waals surface area contributed by atoms with Crippen molar-refractivity contribution in [1.82, 2.24) is 0 Å². The molecule has 0 aromatic carbocycles. The Labute approximate surface area is 144 Å². The molecule has 148 valence electrons. The molecule has 11 heteroatoms. The van der Waals surface area contributed by atoms with Crippen LogP contribution in [0.3, 0.4) is 0 Å². The quantitative estimate of drug-likeness (QED) is 0.534. The lowest BCUT2D eigenvalue weighted by molar-refractivity contribution is -0.158. The SMILES string of the molecule is CC(C)(C)O[C@H]1CO[C@H]([C@H]2COC(C)(C)O2)[C@@H]1OS(=O)(=O)C(F)(F)F. The van der Waals surface area contributed by atoms with Gasteiger partial charge >= 0.3 is 15.6 Å². The summed E-state index contributed by atoms with van der Waals surface area (Å²) in [5.41, 5.74) is -6.28. The zero-order chi connectivity index (χ0) is 19.3. The Bertz CT molecular complexity index is 582. The molecule has 2 saturated heterocycles. The fraction of sp³-hybridized carbons (Fsp3) is 1.00. The summed E-state index contributed by atoms with van der Waals surface area (Å²) in [6.45, 7) is 8.24. The third-order valence-corrected chi connectivity index (χ3v) is 4.61. The molecular formula is C14H23F3O7S. The van der Waals surface area contributed by atoms with Gasteiger partial charge in [0, 0.05) is 0 Å². The van der Waals surface area contributed by atoms with Gasteiger partial charge in [0.05, 0.1) is 18.8 Å². The van der Waals surface area contributed by atoms with Gasteiger partial charge in [0.15, 0.2) is 5.79 Å². The van der Waals surface area contributed by atoms with E-state index < -0.39 is 51.4 Å². The van der Waals surface area contributed by atoms with Crippen LogP contribution < -0.4 is 0 Å². The van der Waals surface area contributed by atoms with Crippen molar-refractivity contribution in [3.8, 4) is 0 Å². The van der Waals surface area contributed by atoms with Gasteiger partial charge in [-0.1, -0.05) is 0 Å². The summed E-state index contributed by atoms with van der Waals surface area (Å²) in [6.07, 6.45) is -4.37. The molecule has 0 spiro atoms. The lowest BCUT2D eigenvalue weighted by Crippen LogP contribution is -2.47. The maximum Gasteiger partial charge on any atom is 0.523 e. The van der Waals surface area contributed by atoms with Crippen molar-refractivity contribution in [2.75, 3.05) is 13.2 Å². The Morgan fingerprint density at radius 2 is 1.72 bits per heavy atom. The van der Waals surface area contributed by atoms with Crippen molar-refractivity contribution in [2.45, 2.75) is 75.9 Å². The zero-order valence-corrected chi connectivity index (χ0v) is 15.4. The molecule has 7 nitrogen and oxygen atoms in total. The first-order valence-corrected chi connectivity index (χ1v) is 9.13. The lowest BCUT2D eigenvalue weighted by Gasteiger charge is -2.30. The third kappa shape index (κ3) is 5.04. The van der Waals surface area contributed by atoms with Crippen LogP contribution in [0.4, 0.5) is 13.2 Å². The summed E-state index contributed by atoms with van der Waals surface area (Å²) in [6, 6.07) is 0. The Morgan fingerprint density at radius 3 is 2.16 bits per heavy atom. The van der Waals surface area contributed by atoms with Gasteiger partial charge in [-0.25, -0.2) is 0 Å². The molecule has 0 aromatic heterocycles. The highest BCUT2D eigenvalue weighted by Gasteiger charge is 2.55. The molecule has 2 heterocycles. The fourth-order valence-electron chi connectivity index (χ4n) is 2.68. The molecule has 25 heavy (non-hydrogen) atoms. The smallest absolute Gasteiger partial charge is 0.370 e. The molecule has 2 fully saturated rings. The van der Waals surface area contributed by atoms with E-state index >= 15 is 0 Å². The Balaban J connectivity index is 2.24. The van der Waals surface area contributed by atoms with E-state index in [4.69, 9.17) is 18.9 Å². The summed E-state index contributed by atoms with van der Waals surface area (Å²) in [5.74, 6) is -0.954. The monoisotopic (exact) mass is 392 g/mol. The van der Waals surface area contributed by atoms with Crippen LogP contribution in [-0.2, 0) is 33.2 Å². The number of hydrogen-bond donors (Lipinski definition) is 0. The van der Waals surface area contributed by atoms with Gasteiger partial charge in [-0.15, -0.1) is 0 Å². The second-order valence-electron chi connectivity index (χ2n) is 7.39. The Kier molecular flexibility index (Phi) is 5.51. The van der Waals surface area contributed by atoms with Crippen molar-refractivity contribution >= 4 is 10.1 Å². The standard InChI is InChI=1S/C14H23F3O7S/c1-12(2,3)22-8-6-20-10(9-7-21-13(4,5)23-9)11(8)24-25(18,19)14(15,16)17/h8-11H,6-7H2,1-5H3/t8-,9+,10+,11+/m0/s1. The minimum absolute atomic E-state index is 0.0336. The van der Waals surface area contributed by atoms with Crippen LogP contribution in [0.1, 0.15) is 34.6 Å². The van der Waals surface area contributed by atoms with E-state index in [2.05, 4.69) is 4.18 Å². The van der Waals surface area contributed by atoms with E-state index in [-0.39, 0.29) is 13.2 Å². The predicted molar refractivity (Wildman–Crippen MR) is 79.1 cm³/mol. The van der Waals surface area contributed by atoms with Crippen LogP contribution in [0, 0.1) is 0 Å². The normalized spacial score (nSPS) is 33.8. The van der Waals surface area contributed by atoms with Gasteiger partial charge in [-0.2, -0.15) is 21.6 Å². The molecule has 0 N–H and O–H groups in total. The summed E-state index contributed by atoms with van der Waals surface area (Å²) >= 11 is 0. The van der Waals surface area contributed by atoms with E-state index in [1.807, 2.05) is 0 Å². The minimum Gasteiger partial charge on any atom is -0.370 e. The van der Waals surface area contributed by atoms with Crippen LogP contribution in [0.25, 0.3) is 0 Å². The van der Waals surface area contributed by atoms with Crippen LogP contribution in [0.2, 0.25) is 0 Å². The van der Waals surface area contributed by atoms with Crippen LogP contribution >= 0.6 is 0 Å². The second kappa shape index (κ2) is 6.61. The van der Waals surface area contributed by atoms with Gasteiger partial charge < -0.3 is 18.9 Å². The first-order valence-electron chi connectivity index (χ1n) is 7.72. The van der Waals surface area contributed by atoms with E-state index in [1.165, 1.54) is 0 Å². The summed E-state index contributed by atoms with van der Waals surface area (Å²) in [7, 11) is -5.82. The molecule has 2 aliphatic rings. The summed E-state index contributed by atoms with van der Waals surface area (Å²) in [5, 5.41) is 0. The number of rotatable bonds is 4. The molecule has 0 aliphatic carbocycles. The first kappa shape index (κ1) is 20.8. The van der Waals surface area contributed by atoms with Crippen molar-refractivity contribution in [3.63, 3.8) is 0 Å². The van der Waals surface area contributed by atoms with E-state index in [1.54, 1.807) is 34.6 Å². The fourth-order valence-corrected chi connectivity index (χ4v) is 3.31. The third-order valence-electron chi connectivity index (χ3n) is 3.57. The largest absolute Gasteiger partial charge is 0.523 e. The van der Waals surface area contributed by atoms with Crippen LogP contribution in [-0.4, -0.2) is 62.9 Å². The molecule has 0 amide bonds. The van der Waals surface area contributed by atoms with Gasteiger partial charge in [0.25, 0.3) is 0 Å². The van der Waals surface area contributed by atoms with Gasteiger partial charge in [0.1, 0.15) is 24.4 Å². The minimum atomic E-state index is -5.82. The lowest BCUT2D eigenvalue weighted by atomic mass is 10.1. The maximum absolute atomic E-state index is 12.7. The van der Waals surface area contributed by atoms with Crippen molar-refractivity contribution in [1.29, 1.82) is 0 Å². The Morgan fingerprint density at radius 1 is 1.12 bits per heavy atom. The molecule has 0 radical (unpaired) electrons. The molecular weight excluding hydrogens is 369 g/mol. The average Bonchev–Trinajstić information content (AvgIpc) is 2.90. The van der Waals surface area contributed by atoms with E-state index in [9.17, 15) is 21.6 Å². The molecule has 0 saturated carbocycles. The zero-order valence-electron chi connectivity index (χ0n) is 14.6. The maximum atomic E-state index is 12.7. The molecule has 4 atom stereocenters. The molecule has 0 unspecified atom stereocenters. The van der Waals surface area contributed by atoms with Crippen molar-refractivity contribution in [3.05, 3.63) is 0 Å². The van der Waals surface area contributed by atoms with E-state index in [0.29, 0.717) is 0 Å². The molecule has 0 bridgehead atoms. The highest BCUT2D eigenvalue weighted by molar-refractivity contribution is 7.87. The highest BCUT2D eigenvalue weighted by atomic mass is 32.2. The van der Waals surface area contributed by atoms with Crippen molar-refractivity contribution < 1.29 is 44.7 Å². The second-order valence-corrected chi connectivity index (χ2v) is 8.96. The molecule has 0 aromatic rings. The van der Waals surface area contributed by atoms with Gasteiger partial charge in [-0.3, -0.25) is 4.18 Å². The average molecular weight is 392 g/mol. The topological polar surface area (TPSA) is 80.3 Å². The number of hydrogen-bond acceptors (Lipinski definition) is 7. The first-order chi connectivity index (χ1) is 11.1. The van der Waals surface area contributed by atoms with Crippen LogP contribution in [0.5, 0.6) is 0 Å².